The van der Waals surface area contributed by atoms with Crippen molar-refractivity contribution < 1.29 is 0 Å². The van der Waals surface area contributed by atoms with E-state index in [1.807, 2.05) is 0 Å². The lowest BCUT2D eigenvalue weighted by Gasteiger charge is -2.13. The van der Waals surface area contributed by atoms with Crippen LogP contribution in [0.1, 0.15) is 80.1 Å². The van der Waals surface area contributed by atoms with E-state index in [1.54, 1.807) is 5.57 Å². The van der Waals surface area contributed by atoms with Crippen LogP contribution in [0.3, 0.4) is 0 Å². The summed E-state index contributed by atoms with van der Waals surface area (Å²) in [5.74, 6) is 2.69. The smallest absolute Gasteiger partial charge is 0.0115 e. The summed E-state index contributed by atoms with van der Waals surface area (Å²) in [6, 6.07) is 0. The molecule has 3 unspecified atom stereocenters. The summed E-state index contributed by atoms with van der Waals surface area (Å²) >= 11 is 0. The fourth-order valence-electron chi connectivity index (χ4n) is 2.93. The van der Waals surface area contributed by atoms with Crippen molar-refractivity contribution >= 4 is 0 Å². The molecule has 0 radical (unpaired) electrons. The molecule has 0 saturated heterocycles. The highest BCUT2D eigenvalue weighted by Gasteiger charge is 2.44. The van der Waals surface area contributed by atoms with E-state index in [1.165, 1.54) is 38.5 Å². The van der Waals surface area contributed by atoms with Crippen molar-refractivity contribution in [3.05, 3.63) is 11.6 Å². The Morgan fingerprint density at radius 3 is 2.33 bits per heavy atom. The highest BCUT2D eigenvalue weighted by atomic mass is 14.5. The summed E-state index contributed by atoms with van der Waals surface area (Å²) in [6.45, 7) is 14.2. The molecular weight excluding hydrogens is 216 g/mol. The molecule has 0 bridgehead atoms. The minimum atomic E-state index is 0.549. The average Bonchev–Trinajstić information content (AvgIpc) is 2.82. The minimum absolute atomic E-state index is 0.549. The molecule has 0 heterocycles. The van der Waals surface area contributed by atoms with Crippen molar-refractivity contribution in [3.8, 4) is 0 Å². The van der Waals surface area contributed by atoms with E-state index in [0.29, 0.717) is 5.41 Å². The van der Waals surface area contributed by atoms with E-state index in [4.69, 9.17) is 0 Å². The molecule has 0 nitrogen and oxygen atoms in total. The van der Waals surface area contributed by atoms with Gasteiger partial charge in [0, 0.05) is 0 Å². The van der Waals surface area contributed by atoms with Crippen LogP contribution in [-0.4, -0.2) is 0 Å². The maximum absolute atomic E-state index is 2.55. The van der Waals surface area contributed by atoms with E-state index < -0.39 is 0 Å². The Labute approximate surface area is 115 Å². The maximum Gasteiger partial charge on any atom is -0.0115 e. The maximum atomic E-state index is 2.55. The lowest BCUT2D eigenvalue weighted by Crippen LogP contribution is -1.98. The Bertz CT molecular complexity index is 274. The van der Waals surface area contributed by atoms with Gasteiger partial charge in [0.05, 0.1) is 0 Å². The molecule has 0 spiro atoms. The quantitative estimate of drug-likeness (QED) is 0.448. The normalized spacial score (nSPS) is 29.7. The van der Waals surface area contributed by atoms with Gasteiger partial charge >= 0.3 is 0 Å². The zero-order chi connectivity index (χ0) is 13.8. The van der Waals surface area contributed by atoms with E-state index in [0.717, 1.165) is 17.8 Å². The second-order valence-electron chi connectivity index (χ2n) is 7.57. The minimum Gasteiger partial charge on any atom is -0.0794 e. The van der Waals surface area contributed by atoms with Gasteiger partial charge in [0.1, 0.15) is 0 Å². The molecule has 0 aliphatic heterocycles. The van der Waals surface area contributed by atoms with Crippen molar-refractivity contribution in [2.24, 2.45) is 23.2 Å². The van der Waals surface area contributed by atoms with Crippen LogP contribution in [0.25, 0.3) is 0 Å². The van der Waals surface area contributed by atoms with Crippen LogP contribution in [0.4, 0.5) is 0 Å². The fraction of sp³-hybridized carbons (Fsp3) is 0.889. The summed E-state index contributed by atoms with van der Waals surface area (Å²) in [5.41, 5.74) is 2.17. The molecule has 0 amide bonds. The molecule has 1 aliphatic rings. The van der Waals surface area contributed by atoms with Gasteiger partial charge in [-0.05, 0) is 49.4 Å². The van der Waals surface area contributed by atoms with Crippen LogP contribution in [0.2, 0.25) is 0 Å². The lowest BCUT2D eigenvalue weighted by molar-refractivity contribution is 0.418. The van der Waals surface area contributed by atoms with Gasteiger partial charge in [-0.3, -0.25) is 0 Å². The number of hydrogen-bond donors (Lipinski definition) is 0. The monoisotopic (exact) mass is 250 g/mol. The summed E-state index contributed by atoms with van der Waals surface area (Å²) in [5, 5.41) is 0. The van der Waals surface area contributed by atoms with Gasteiger partial charge in [-0.2, -0.15) is 0 Å². The highest BCUT2D eigenvalue weighted by Crippen LogP contribution is 2.53. The van der Waals surface area contributed by atoms with Gasteiger partial charge in [0.2, 0.25) is 0 Å². The third kappa shape index (κ3) is 5.59. The molecule has 1 aliphatic carbocycles. The molecule has 106 valence electrons. The number of hydrogen-bond acceptors (Lipinski definition) is 0. The largest absolute Gasteiger partial charge is 0.0794 e. The molecule has 1 rings (SSSR count). The molecule has 0 aromatic rings. The Morgan fingerprint density at radius 2 is 1.83 bits per heavy atom. The van der Waals surface area contributed by atoms with E-state index in [9.17, 15) is 0 Å². The van der Waals surface area contributed by atoms with Crippen molar-refractivity contribution in [2.75, 3.05) is 0 Å². The SMILES string of the molecule is CC(=CC1(C)CC1C)CCCC(C)CCC(C)C. The van der Waals surface area contributed by atoms with E-state index >= 15 is 0 Å². The van der Waals surface area contributed by atoms with Gasteiger partial charge in [0.15, 0.2) is 0 Å². The summed E-state index contributed by atoms with van der Waals surface area (Å²) in [4.78, 5) is 0. The molecular formula is C18H34. The van der Waals surface area contributed by atoms with Gasteiger partial charge in [-0.1, -0.05) is 65.5 Å². The van der Waals surface area contributed by atoms with Gasteiger partial charge in [-0.15, -0.1) is 0 Å². The molecule has 0 heteroatoms. The third-order valence-corrected chi connectivity index (χ3v) is 4.79. The summed E-state index contributed by atoms with van der Waals surface area (Å²) < 4.78 is 0. The first-order chi connectivity index (χ1) is 8.33. The first-order valence-electron chi connectivity index (χ1n) is 8.02. The van der Waals surface area contributed by atoms with E-state index in [2.05, 4.69) is 47.6 Å². The molecule has 0 N–H and O–H groups in total. The summed E-state index contributed by atoms with van der Waals surface area (Å²) in [6.07, 6.45) is 10.9. The molecule has 18 heavy (non-hydrogen) atoms. The van der Waals surface area contributed by atoms with Crippen molar-refractivity contribution in [2.45, 2.75) is 80.1 Å². The standard InChI is InChI=1S/C18H34/c1-14(2)10-11-15(3)8-7-9-16(4)12-18(6)13-17(18)5/h12,14-15,17H,7-11,13H2,1-6H3. The van der Waals surface area contributed by atoms with Crippen LogP contribution in [0.5, 0.6) is 0 Å². The second kappa shape index (κ2) is 6.78. The number of allylic oxidation sites excluding steroid dienone is 2. The Balaban J connectivity index is 2.14. The third-order valence-electron chi connectivity index (χ3n) is 4.79. The zero-order valence-corrected chi connectivity index (χ0v) is 13.6. The Hall–Kier alpha value is -0.260. The number of rotatable bonds is 8. The van der Waals surface area contributed by atoms with Gasteiger partial charge in [0.25, 0.3) is 0 Å². The topological polar surface area (TPSA) is 0 Å². The van der Waals surface area contributed by atoms with Gasteiger partial charge in [-0.25, -0.2) is 0 Å². The van der Waals surface area contributed by atoms with Crippen molar-refractivity contribution in [3.63, 3.8) is 0 Å². The van der Waals surface area contributed by atoms with Crippen LogP contribution in [-0.2, 0) is 0 Å². The molecule has 1 saturated carbocycles. The van der Waals surface area contributed by atoms with Gasteiger partial charge < -0.3 is 0 Å². The van der Waals surface area contributed by atoms with Crippen LogP contribution < -0.4 is 0 Å². The molecule has 0 aromatic heterocycles. The highest BCUT2D eigenvalue weighted by molar-refractivity contribution is 5.15. The predicted octanol–water partition coefficient (Wildman–Crippen LogP) is 6.22. The summed E-state index contributed by atoms with van der Waals surface area (Å²) in [7, 11) is 0. The van der Waals surface area contributed by atoms with Crippen molar-refractivity contribution in [1.82, 2.24) is 0 Å². The first-order valence-corrected chi connectivity index (χ1v) is 8.02. The van der Waals surface area contributed by atoms with Crippen LogP contribution >= 0.6 is 0 Å². The van der Waals surface area contributed by atoms with Crippen molar-refractivity contribution in [1.29, 1.82) is 0 Å². The Kier molecular flexibility index (Phi) is 5.95. The van der Waals surface area contributed by atoms with Crippen LogP contribution in [0.15, 0.2) is 11.6 Å². The first kappa shape index (κ1) is 15.8. The fourth-order valence-corrected chi connectivity index (χ4v) is 2.93. The molecule has 0 aromatic carbocycles. The van der Waals surface area contributed by atoms with Crippen LogP contribution in [0, 0.1) is 23.2 Å². The average molecular weight is 250 g/mol. The van der Waals surface area contributed by atoms with E-state index in [-0.39, 0.29) is 0 Å². The molecule has 3 atom stereocenters. The Morgan fingerprint density at radius 1 is 1.22 bits per heavy atom. The zero-order valence-electron chi connectivity index (χ0n) is 13.6. The lowest BCUT2D eigenvalue weighted by atomic mass is 9.93. The predicted molar refractivity (Wildman–Crippen MR) is 82.7 cm³/mol. The molecule has 1 fully saturated rings. The second-order valence-corrected chi connectivity index (χ2v) is 7.57.